The molecule has 70 valence electrons. The third kappa shape index (κ3) is 2.89. The number of carbonyl (C=O) groups is 1. The molecule has 0 aliphatic carbocycles. The summed E-state index contributed by atoms with van der Waals surface area (Å²) in [5.74, 6) is 0.0341. The fourth-order valence-electron chi connectivity index (χ4n) is 0.983. The van der Waals surface area contributed by atoms with Crippen LogP contribution in [0.3, 0.4) is 0 Å². The van der Waals surface area contributed by atoms with Crippen LogP contribution in [0, 0.1) is 5.92 Å². The van der Waals surface area contributed by atoms with Crippen molar-refractivity contribution in [3.8, 4) is 0 Å². The minimum absolute atomic E-state index is 0.111. The molecule has 0 aliphatic rings. The Morgan fingerprint density at radius 1 is 1.42 bits per heavy atom. The Balaban J connectivity index is 4.25. The number of carbonyl (C=O) groups excluding carboxylic acids is 1. The van der Waals surface area contributed by atoms with Crippen molar-refractivity contribution >= 4 is 23.0 Å². The van der Waals surface area contributed by atoms with Gasteiger partial charge in [-0.05, 0) is 27.7 Å². The van der Waals surface area contributed by atoms with Crippen LogP contribution in [-0.4, -0.2) is 28.8 Å². The largest absolute Gasteiger partial charge is 0.366 e. The van der Waals surface area contributed by atoms with E-state index in [2.05, 4.69) is 0 Å². The van der Waals surface area contributed by atoms with Crippen molar-refractivity contribution in [1.82, 2.24) is 4.90 Å². The first kappa shape index (κ1) is 11.6. The van der Waals surface area contributed by atoms with E-state index < -0.39 is 0 Å². The zero-order valence-corrected chi connectivity index (χ0v) is 9.07. The Bertz CT molecular complexity index is 175. The van der Waals surface area contributed by atoms with E-state index in [4.69, 9.17) is 12.2 Å². The molecule has 0 radical (unpaired) electrons. The maximum Gasteiger partial charge on any atom is 0.139 e. The van der Waals surface area contributed by atoms with E-state index in [0.29, 0.717) is 0 Å². The zero-order valence-electron chi connectivity index (χ0n) is 8.26. The Morgan fingerprint density at radius 2 is 1.83 bits per heavy atom. The lowest BCUT2D eigenvalue weighted by molar-refractivity contribution is -0.118. The van der Waals surface area contributed by atoms with Crippen molar-refractivity contribution in [2.24, 2.45) is 5.92 Å². The van der Waals surface area contributed by atoms with Crippen molar-refractivity contribution in [3.05, 3.63) is 0 Å². The lowest BCUT2D eigenvalue weighted by Gasteiger charge is -2.24. The Labute approximate surface area is 79.9 Å². The summed E-state index contributed by atoms with van der Waals surface area (Å²) in [5, 5.41) is 0. The van der Waals surface area contributed by atoms with Crippen LogP contribution in [0.4, 0.5) is 0 Å². The molecule has 0 spiro atoms. The standard InChI is InChI=1S/C9H17NOS/c1-5-10(6-2)9(12)7(3)8(4)11/h7H,5-6H2,1-4H3/t7-/m0/s1. The van der Waals surface area contributed by atoms with Gasteiger partial charge >= 0.3 is 0 Å². The zero-order chi connectivity index (χ0) is 9.72. The number of nitrogens with zero attached hydrogens (tertiary/aromatic N) is 1. The van der Waals surface area contributed by atoms with Gasteiger partial charge in [0.1, 0.15) is 5.78 Å². The molecule has 0 amide bonds. The molecule has 0 aromatic carbocycles. The molecule has 2 nitrogen and oxygen atoms in total. The second-order valence-electron chi connectivity index (χ2n) is 2.84. The van der Waals surface area contributed by atoms with Crippen LogP contribution >= 0.6 is 12.2 Å². The topological polar surface area (TPSA) is 20.3 Å². The van der Waals surface area contributed by atoms with E-state index in [1.165, 1.54) is 0 Å². The van der Waals surface area contributed by atoms with Crippen LogP contribution in [0.5, 0.6) is 0 Å². The van der Waals surface area contributed by atoms with Gasteiger partial charge in [0.2, 0.25) is 0 Å². The van der Waals surface area contributed by atoms with E-state index in [9.17, 15) is 4.79 Å². The number of rotatable bonds is 4. The van der Waals surface area contributed by atoms with Crippen LogP contribution in [0.25, 0.3) is 0 Å². The van der Waals surface area contributed by atoms with Gasteiger partial charge in [0.05, 0.1) is 10.9 Å². The van der Waals surface area contributed by atoms with Crippen molar-refractivity contribution < 1.29 is 4.79 Å². The highest BCUT2D eigenvalue weighted by molar-refractivity contribution is 7.80. The van der Waals surface area contributed by atoms with Gasteiger partial charge in [0.25, 0.3) is 0 Å². The van der Waals surface area contributed by atoms with Gasteiger partial charge in [-0.25, -0.2) is 0 Å². The van der Waals surface area contributed by atoms with E-state index in [1.807, 2.05) is 25.7 Å². The maximum atomic E-state index is 11.0. The van der Waals surface area contributed by atoms with E-state index in [-0.39, 0.29) is 11.7 Å². The summed E-state index contributed by atoms with van der Waals surface area (Å²) < 4.78 is 0. The first-order valence-corrected chi connectivity index (χ1v) is 4.74. The molecule has 3 heteroatoms. The third-order valence-electron chi connectivity index (χ3n) is 2.06. The summed E-state index contributed by atoms with van der Waals surface area (Å²) in [5.41, 5.74) is 0. The van der Waals surface area contributed by atoms with E-state index in [0.717, 1.165) is 18.1 Å². The first-order chi connectivity index (χ1) is 5.54. The van der Waals surface area contributed by atoms with Gasteiger partial charge in [-0.3, -0.25) is 4.79 Å². The van der Waals surface area contributed by atoms with Gasteiger partial charge in [-0.1, -0.05) is 12.2 Å². The van der Waals surface area contributed by atoms with E-state index >= 15 is 0 Å². The highest BCUT2D eigenvalue weighted by atomic mass is 32.1. The Hall–Kier alpha value is -0.440. The molecule has 0 heterocycles. The average molecular weight is 187 g/mol. The predicted octanol–water partition coefficient (Wildman–Crippen LogP) is 1.88. The van der Waals surface area contributed by atoms with Crippen LogP contribution in [0.1, 0.15) is 27.7 Å². The fourth-order valence-corrected chi connectivity index (χ4v) is 1.41. The predicted molar refractivity (Wildman–Crippen MR) is 55.4 cm³/mol. The van der Waals surface area contributed by atoms with Crippen molar-refractivity contribution in [1.29, 1.82) is 0 Å². The van der Waals surface area contributed by atoms with Crippen molar-refractivity contribution in [2.45, 2.75) is 27.7 Å². The normalized spacial score (nSPS) is 12.3. The summed E-state index contributed by atoms with van der Waals surface area (Å²) in [4.78, 5) is 13.8. The molecule has 0 saturated heterocycles. The first-order valence-electron chi connectivity index (χ1n) is 4.33. The summed E-state index contributed by atoms with van der Waals surface area (Å²) in [6.45, 7) is 9.30. The third-order valence-corrected chi connectivity index (χ3v) is 2.67. The second kappa shape index (κ2) is 5.25. The Morgan fingerprint density at radius 3 is 2.08 bits per heavy atom. The molecular weight excluding hydrogens is 170 g/mol. The van der Waals surface area contributed by atoms with Gasteiger partial charge in [-0.15, -0.1) is 0 Å². The monoisotopic (exact) mass is 187 g/mol. The summed E-state index contributed by atoms with van der Waals surface area (Å²) in [6.07, 6.45) is 0. The second-order valence-corrected chi connectivity index (χ2v) is 3.26. The molecule has 0 fully saturated rings. The molecule has 1 atom stereocenters. The number of hydrogen-bond donors (Lipinski definition) is 0. The van der Waals surface area contributed by atoms with Crippen LogP contribution < -0.4 is 0 Å². The molecule has 0 saturated carbocycles. The Kier molecular flexibility index (Phi) is 5.06. The highest BCUT2D eigenvalue weighted by Gasteiger charge is 2.17. The lowest BCUT2D eigenvalue weighted by atomic mass is 10.1. The number of thiocarbonyl (C=S) groups is 1. The van der Waals surface area contributed by atoms with Crippen LogP contribution in [0.2, 0.25) is 0 Å². The number of Topliss-reactive ketones (excluding diaryl/α,β-unsaturated/α-hetero) is 1. The van der Waals surface area contributed by atoms with Gasteiger partial charge in [0, 0.05) is 13.1 Å². The number of ketones is 1. The van der Waals surface area contributed by atoms with Crippen molar-refractivity contribution in [2.75, 3.05) is 13.1 Å². The van der Waals surface area contributed by atoms with Gasteiger partial charge in [0.15, 0.2) is 0 Å². The van der Waals surface area contributed by atoms with Crippen molar-refractivity contribution in [3.63, 3.8) is 0 Å². The molecular formula is C9H17NOS. The molecule has 0 bridgehead atoms. The molecule has 0 aromatic rings. The molecule has 0 rings (SSSR count). The summed E-state index contributed by atoms with van der Waals surface area (Å²) in [6, 6.07) is 0. The summed E-state index contributed by atoms with van der Waals surface area (Å²) in [7, 11) is 0. The molecule has 0 unspecified atom stereocenters. The smallest absolute Gasteiger partial charge is 0.139 e. The SMILES string of the molecule is CCN(CC)C(=S)[C@@H](C)C(C)=O. The van der Waals surface area contributed by atoms with Crippen LogP contribution in [-0.2, 0) is 4.79 Å². The van der Waals surface area contributed by atoms with Gasteiger partial charge < -0.3 is 4.90 Å². The fraction of sp³-hybridized carbons (Fsp3) is 0.778. The average Bonchev–Trinajstić information content (AvgIpc) is 2.05. The van der Waals surface area contributed by atoms with Crippen LogP contribution in [0.15, 0.2) is 0 Å². The minimum atomic E-state index is -0.111. The molecule has 12 heavy (non-hydrogen) atoms. The molecule has 0 N–H and O–H groups in total. The lowest BCUT2D eigenvalue weighted by Crippen LogP contribution is -2.35. The maximum absolute atomic E-state index is 11.0. The summed E-state index contributed by atoms with van der Waals surface area (Å²) >= 11 is 5.18. The van der Waals surface area contributed by atoms with Gasteiger partial charge in [-0.2, -0.15) is 0 Å². The van der Waals surface area contributed by atoms with E-state index in [1.54, 1.807) is 6.92 Å². The molecule has 0 aliphatic heterocycles. The molecule has 0 aromatic heterocycles. The highest BCUT2D eigenvalue weighted by Crippen LogP contribution is 2.05. The minimum Gasteiger partial charge on any atom is -0.366 e. The quantitative estimate of drug-likeness (QED) is 0.627. The number of hydrogen-bond acceptors (Lipinski definition) is 2.